The molecule has 9 heteroatoms. The summed E-state index contributed by atoms with van der Waals surface area (Å²) in [5, 5.41) is 5.42. The highest BCUT2D eigenvalue weighted by Crippen LogP contribution is 2.56. The summed E-state index contributed by atoms with van der Waals surface area (Å²) in [5.74, 6) is 0.785. The van der Waals surface area contributed by atoms with Crippen LogP contribution in [-0.4, -0.2) is 11.6 Å². The molecule has 0 saturated heterocycles. The van der Waals surface area contributed by atoms with Gasteiger partial charge in [0.2, 0.25) is 0 Å². The van der Waals surface area contributed by atoms with Crippen molar-refractivity contribution in [2.24, 2.45) is 11.8 Å². The summed E-state index contributed by atoms with van der Waals surface area (Å²) >= 11 is 13.4. The Balaban J connectivity index is 1.11. The zero-order valence-electron chi connectivity index (χ0n) is 53.3. The van der Waals surface area contributed by atoms with Crippen molar-refractivity contribution >= 4 is 131 Å². The molecule has 0 fully saturated rings. The molecule has 0 aliphatic carbocycles. The van der Waals surface area contributed by atoms with Crippen molar-refractivity contribution in [3.05, 3.63) is 118 Å². The Hall–Kier alpha value is -4.06. The molecule has 0 spiro atoms. The van der Waals surface area contributed by atoms with Crippen LogP contribution < -0.4 is 0 Å². The molecule has 0 N–H and O–H groups in total. The van der Waals surface area contributed by atoms with E-state index in [1.807, 2.05) is 56.7 Å². The number of rotatable bonds is 39. The summed E-state index contributed by atoms with van der Waals surface area (Å²) in [5.41, 5.74) is 5.55. The van der Waals surface area contributed by atoms with Crippen molar-refractivity contribution in [2.75, 3.05) is 0 Å². The van der Waals surface area contributed by atoms with Crippen molar-refractivity contribution < 1.29 is 9.59 Å². The number of Topliss-reactive ketones (excluding diaryl/α,β-unsaturated/α-hetero) is 2. The summed E-state index contributed by atoms with van der Waals surface area (Å²) in [6.45, 7) is 13.5. The van der Waals surface area contributed by atoms with Crippen LogP contribution in [0, 0.1) is 11.8 Å². The van der Waals surface area contributed by atoms with Gasteiger partial charge in [-0.1, -0.05) is 243 Å². The lowest BCUT2D eigenvalue weighted by Crippen LogP contribution is -2.12. The van der Waals surface area contributed by atoms with Gasteiger partial charge in [-0.2, -0.15) is 0 Å². The van der Waals surface area contributed by atoms with E-state index in [1.165, 1.54) is 230 Å². The Bertz CT molecular complexity index is 3670. The van der Waals surface area contributed by atoms with E-state index in [9.17, 15) is 9.59 Å². The lowest BCUT2D eigenvalue weighted by Gasteiger charge is -2.12. The third-order valence-corrected chi connectivity index (χ3v) is 27.5. The van der Waals surface area contributed by atoms with E-state index in [0.717, 1.165) is 74.0 Å². The summed E-state index contributed by atoms with van der Waals surface area (Å²) in [7, 11) is 0. The first-order chi connectivity index (χ1) is 42.8. The second kappa shape index (κ2) is 33.3. The fourth-order valence-electron chi connectivity index (χ4n) is 13.2. The van der Waals surface area contributed by atoms with Crippen LogP contribution >= 0.6 is 79.4 Å². The molecular weight excluding hydrogens is 1190 g/mol. The number of unbranched alkanes of at least 4 members (excludes halogenated alkanes) is 20. The summed E-state index contributed by atoms with van der Waals surface area (Å²) in [6, 6.07) is 36.2. The van der Waals surface area contributed by atoms with E-state index in [-0.39, 0.29) is 11.8 Å². The summed E-state index contributed by atoms with van der Waals surface area (Å²) in [6.07, 6.45) is 36.6. The van der Waals surface area contributed by atoms with E-state index in [1.54, 1.807) is 22.7 Å². The molecule has 0 aliphatic heterocycles. The Morgan fingerprint density at radius 2 is 0.713 bits per heavy atom. The van der Waals surface area contributed by atoms with Crippen molar-refractivity contribution in [2.45, 2.75) is 234 Å². The number of hydrogen-bond acceptors (Lipinski definition) is 9. The molecule has 0 radical (unpaired) electrons. The van der Waals surface area contributed by atoms with Crippen molar-refractivity contribution in [1.82, 2.24) is 0 Å². The first-order valence-electron chi connectivity index (χ1n) is 34.2. The summed E-state index contributed by atoms with van der Waals surface area (Å²) < 4.78 is 5.50. The zero-order chi connectivity index (χ0) is 60.5. The van der Waals surface area contributed by atoms with E-state index >= 15 is 0 Å². The van der Waals surface area contributed by atoms with Crippen LogP contribution in [0.3, 0.4) is 0 Å². The van der Waals surface area contributed by atoms with Crippen LogP contribution in [0.5, 0.6) is 0 Å². The van der Waals surface area contributed by atoms with Crippen LogP contribution in [0.2, 0.25) is 0 Å². The number of benzene rings is 3. The molecule has 7 aromatic heterocycles. The maximum Gasteiger partial charge on any atom is 0.175 e. The number of ketones is 2. The standard InChI is InChI=1S/C78H96O2S7/c1-7-13-17-19-21-23-25-27-29-37-45-57-59-49-67(75-62-52-65(69(79)53(11-5)39-15-9-3)82-76(62)71(86-75)56-43-35-32-36-44-56)84-72(59)58(46-38-30-28-26-24-22-20-18-14-8-2)60-50-68(85-73(57)60)78-77-61(51-66(83-77)70(80)54(12-6)40-16-10-4)74(87-78)64-48-47-63(81-64)55-41-33-31-34-42-55/h31-36,41-44,47-54H,7-30,37-40,45-46H2,1-6H3. The molecule has 7 heterocycles. The van der Waals surface area contributed by atoms with Crippen LogP contribution in [0.25, 0.3) is 90.5 Å². The Morgan fingerprint density at radius 3 is 1.17 bits per heavy atom. The number of aryl methyl sites for hydroxylation is 2. The predicted molar refractivity (Wildman–Crippen MR) is 395 cm³/mol. The van der Waals surface area contributed by atoms with Crippen LogP contribution in [0.4, 0.5) is 0 Å². The van der Waals surface area contributed by atoms with Gasteiger partial charge < -0.3 is 0 Å². The molecule has 10 rings (SSSR count). The molecule has 462 valence electrons. The molecular formula is C78H96O2S7. The number of carbonyl (C=O) groups is 2. The highest BCUT2D eigenvalue weighted by molar-refractivity contribution is 7.35. The number of carbonyl (C=O) groups excluding carboxylic acids is 2. The van der Waals surface area contributed by atoms with E-state index in [0.29, 0.717) is 11.6 Å². The van der Waals surface area contributed by atoms with Crippen molar-refractivity contribution in [1.29, 1.82) is 0 Å². The molecule has 2 unspecified atom stereocenters. The third kappa shape index (κ3) is 16.0. The SMILES string of the molecule is CCCCCCCCCCCCc1c2cc(-c3sc(-c4ccc(-c5ccccc5)s4)c4cc(C(=O)C(CC)CCCC)sc34)sc2c(CCCCCCCCCCCC)c2cc(-c3sc(-c4ccccc4)c4sc(C(=O)C(CC)CCCC)cc34)sc12. The predicted octanol–water partition coefficient (Wildman–Crippen LogP) is 28.8. The fraction of sp³-hybridized carbons (Fsp3) is 0.487. The number of thiophene rings is 7. The van der Waals surface area contributed by atoms with Gasteiger partial charge in [-0.05, 0) is 121 Å². The topological polar surface area (TPSA) is 34.1 Å². The first-order valence-corrected chi connectivity index (χ1v) is 39.9. The van der Waals surface area contributed by atoms with Gasteiger partial charge in [-0.15, -0.1) is 79.4 Å². The van der Waals surface area contributed by atoms with E-state index in [2.05, 4.69) is 139 Å². The number of hydrogen-bond donors (Lipinski definition) is 0. The highest BCUT2D eigenvalue weighted by Gasteiger charge is 2.29. The molecule has 0 aliphatic rings. The molecule has 0 bridgehead atoms. The Labute approximate surface area is 550 Å². The lowest BCUT2D eigenvalue weighted by atomic mass is 9.94. The lowest BCUT2D eigenvalue weighted by molar-refractivity contribution is 0.0905. The van der Waals surface area contributed by atoms with Gasteiger partial charge in [-0.3, -0.25) is 9.59 Å². The minimum Gasteiger partial charge on any atom is -0.293 e. The van der Waals surface area contributed by atoms with Gasteiger partial charge >= 0.3 is 0 Å². The molecule has 10 aromatic rings. The van der Waals surface area contributed by atoms with Gasteiger partial charge in [0, 0.05) is 51.5 Å². The quantitative estimate of drug-likeness (QED) is 0.0284. The van der Waals surface area contributed by atoms with E-state index in [4.69, 9.17) is 0 Å². The van der Waals surface area contributed by atoms with Crippen molar-refractivity contribution in [3.8, 4) is 50.1 Å². The molecule has 0 saturated carbocycles. The molecule has 87 heavy (non-hydrogen) atoms. The van der Waals surface area contributed by atoms with Gasteiger partial charge in [0.25, 0.3) is 0 Å². The first kappa shape index (κ1) is 65.9. The third-order valence-electron chi connectivity index (χ3n) is 18.4. The largest absolute Gasteiger partial charge is 0.293 e. The number of fused-ring (bicyclic) bond motifs is 4. The monoisotopic (exact) mass is 1290 g/mol. The maximum absolute atomic E-state index is 14.6. The second-order valence-electron chi connectivity index (χ2n) is 24.9. The minimum atomic E-state index is 0.0574. The van der Waals surface area contributed by atoms with Gasteiger partial charge in [0.15, 0.2) is 11.6 Å². The normalized spacial score (nSPS) is 12.7. The van der Waals surface area contributed by atoms with Crippen LogP contribution in [0.1, 0.15) is 252 Å². The Morgan fingerprint density at radius 1 is 0.322 bits per heavy atom. The molecule has 3 aromatic carbocycles. The smallest absolute Gasteiger partial charge is 0.175 e. The minimum absolute atomic E-state index is 0.0574. The van der Waals surface area contributed by atoms with E-state index < -0.39 is 0 Å². The van der Waals surface area contributed by atoms with Crippen LogP contribution in [0.15, 0.2) is 97.1 Å². The van der Waals surface area contributed by atoms with Gasteiger partial charge in [-0.25, -0.2) is 0 Å². The summed E-state index contributed by atoms with van der Waals surface area (Å²) in [4.78, 5) is 41.5. The van der Waals surface area contributed by atoms with Crippen LogP contribution in [-0.2, 0) is 12.8 Å². The molecule has 2 nitrogen and oxygen atoms in total. The highest BCUT2D eigenvalue weighted by atomic mass is 32.1. The molecule has 0 amide bonds. The fourth-order valence-corrected chi connectivity index (χ4v) is 22.4. The zero-order valence-corrected chi connectivity index (χ0v) is 59.0. The average Bonchev–Trinajstić information content (AvgIpc) is 1.65. The van der Waals surface area contributed by atoms with Gasteiger partial charge in [0.1, 0.15) is 0 Å². The van der Waals surface area contributed by atoms with Crippen molar-refractivity contribution in [3.63, 3.8) is 0 Å². The average molecular weight is 1290 g/mol. The Kier molecular flexibility index (Phi) is 25.2. The maximum atomic E-state index is 14.6. The molecule has 2 atom stereocenters. The second-order valence-corrected chi connectivity index (χ2v) is 32.2. The van der Waals surface area contributed by atoms with Gasteiger partial charge in [0.05, 0.1) is 38.7 Å².